The second-order valence-electron chi connectivity index (χ2n) is 7.95. The van der Waals surface area contributed by atoms with Gasteiger partial charge in [0.2, 0.25) is 5.91 Å². The van der Waals surface area contributed by atoms with Crippen molar-refractivity contribution in [3.8, 4) is 0 Å². The molecule has 0 bridgehead atoms. The van der Waals surface area contributed by atoms with Crippen molar-refractivity contribution < 1.29 is 13.9 Å². The number of benzene rings is 1. The van der Waals surface area contributed by atoms with E-state index in [-0.39, 0.29) is 18.0 Å². The summed E-state index contributed by atoms with van der Waals surface area (Å²) in [6, 6.07) is 13.9. The summed E-state index contributed by atoms with van der Waals surface area (Å²) in [5.74, 6) is 2.65. The number of morpholine rings is 1. The molecule has 4 rings (SSSR count). The lowest BCUT2D eigenvalue weighted by atomic mass is 10.1. The highest BCUT2D eigenvalue weighted by Gasteiger charge is 2.31. The molecule has 31 heavy (non-hydrogen) atoms. The molecule has 0 spiro atoms. The molecule has 8 nitrogen and oxygen atoms in total. The normalized spacial score (nSPS) is 21.4. The van der Waals surface area contributed by atoms with Crippen molar-refractivity contribution in [2.24, 2.45) is 4.99 Å². The first-order valence-electron chi connectivity index (χ1n) is 10.8. The van der Waals surface area contributed by atoms with E-state index in [0.29, 0.717) is 25.5 Å². The van der Waals surface area contributed by atoms with Gasteiger partial charge in [0.25, 0.3) is 0 Å². The van der Waals surface area contributed by atoms with Crippen LogP contribution in [-0.2, 0) is 9.53 Å². The Labute approximate surface area is 183 Å². The topological polar surface area (TPSA) is 82.3 Å². The number of carbonyl (C=O) groups is 1. The van der Waals surface area contributed by atoms with Crippen LogP contribution in [0.15, 0.2) is 51.9 Å². The summed E-state index contributed by atoms with van der Waals surface area (Å²) in [5.41, 5.74) is 0.931. The van der Waals surface area contributed by atoms with E-state index in [2.05, 4.69) is 20.5 Å². The van der Waals surface area contributed by atoms with E-state index >= 15 is 0 Å². The third kappa shape index (κ3) is 5.26. The number of nitrogens with one attached hydrogen (secondary N) is 2. The minimum absolute atomic E-state index is 0.00611. The van der Waals surface area contributed by atoms with Crippen molar-refractivity contribution in [1.29, 1.82) is 0 Å². The molecule has 2 fully saturated rings. The van der Waals surface area contributed by atoms with Gasteiger partial charge in [0, 0.05) is 45.3 Å². The van der Waals surface area contributed by atoms with Crippen LogP contribution in [0.1, 0.15) is 24.0 Å². The Hall–Kier alpha value is -2.84. The second-order valence-corrected chi connectivity index (χ2v) is 7.95. The number of hydrogen-bond donors (Lipinski definition) is 2. The Morgan fingerprint density at radius 3 is 2.65 bits per heavy atom. The zero-order valence-corrected chi connectivity index (χ0v) is 18.2. The van der Waals surface area contributed by atoms with Gasteiger partial charge >= 0.3 is 0 Å². The van der Waals surface area contributed by atoms with Crippen molar-refractivity contribution in [3.63, 3.8) is 0 Å². The first kappa shape index (κ1) is 21.4. The lowest BCUT2D eigenvalue weighted by Gasteiger charge is -2.33. The summed E-state index contributed by atoms with van der Waals surface area (Å²) in [5, 5.41) is 6.85. The van der Waals surface area contributed by atoms with E-state index < -0.39 is 0 Å². The number of hydrogen-bond acceptors (Lipinski definition) is 5. The van der Waals surface area contributed by atoms with Crippen molar-refractivity contribution in [1.82, 2.24) is 15.5 Å². The van der Waals surface area contributed by atoms with Crippen molar-refractivity contribution in [2.45, 2.75) is 25.4 Å². The lowest BCUT2D eigenvalue weighted by molar-refractivity contribution is -0.117. The predicted molar refractivity (Wildman–Crippen MR) is 120 cm³/mol. The molecule has 8 heteroatoms. The maximum absolute atomic E-state index is 12.5. The van der Waals surface area contributed by atoms with Gasteiger partial charge in [-0.25, -0.2) is 0 Å². The summed E-state index contributed by atoms with van der Waals surface area (Å²) in [4.78, 5) is 21.1. The van der Waals surface area contributed by atoms with E-state index in [1.807, 2.05) is 54.3 Å². The standard InChI is InChI=1S/C23H31N5O3/c1-17-8-9-21(31-17)20(27-10-12-30-13-11-27)15-25-23(24-2)26-18-14-22(29)28(16-18)19-6-4-3-5-7-19/h3-9,18,20H,10-16H2,1-2H3,(H2,24,25,26). The van der Waals surface area contributed by atoms with Crippen molar-refractivity contribution in [2.75, 3.05) is 51.3 Å². The average molecular weight is 426 g/mol. The van der Waals surface area contributed by atoms with Gasteiger partial charge in [-0.15, -0.1) is 0 Å². The molecule has 0 radical (unpaired) electrons. The number of amides is 1. The summed E-state index contributed by atoms with van der Waals surface area (Å²) >= 11 is 0. The van der Waals surface area contributed by atoms with Gasteiger partial charge in [-0.2, -0.15) is 0 Å². The van der Waals surface area contributed by atoms with Crippen LogP contribution in [0.2, 0.25) is 0 Å². The number of guanidine groups is 1. The largest absolute Gasteiger partial charge is 0.465 e. The molecular weight excluding hydrogens is 394 g/mol. The van der Waals surface area contributed by atoms with Gasteiger partial charge in [-0.05, 0) is 31.2 Å². The number of furan rings is 1. The molecule has 0 aliphatic carbocycles. The van der Waals surface area contributed by atoms with E-state index in [0.717, 1.165) is 43.5 Å². The average Bonchev–Trinajstić information content (AvgIpc) is 3.39. The van der Waals surface area contributed by atoms with Crippen LogP contribution in [0.4, 0.5) is 5.69 Å². The monoisotopic (exact) mass is 425 g/mol. The number of rotatable bonds is 6. The molecule has 1 aromatic heterocycles. The van der Waals surface area contributed by atoms with Crippen LogP contribution in [0, 0.1) is 6.92 Å². The van der Waals surface area contributed by atoms with E-state index in [4.69, 9.17) is 9.15 Å². The highest BCUT2D eigenvalue weighted by atomic mass is 16.5. The number of para-hydroxylation sites is 1. The zero-order valence-electron chi connectivity index (χ0n) is 18.2. The van der Waals surface area contributed by atoms with Gasteiger partial charge in [-0.3, -0.25) is 14.7 Å². The van der Waals surface area contributed by atoms with Crippen molar-refractivity contribution >= 4 is 17.6 Å². The van der Waals surface area contributed by atoms with E-state index in [1.54, 1.807) is 7.05 Å². The van der Waals surface area contributed by atoms with Crippen LogP contribution in [0.3, 0.4) is 0 Å². The molecule has 2 saturated heterocycles. The van der Waals surface area contributed by atoms with Crippen LogP contribution in [-0.4, -0.2) is 69.2 Å². The van der Waals surface area contributed by atoms with Gasteiger partial charge in [0.05, 0.1) is 25.3 Å². The Balaban J connectivity index is 1.37. The highest BCUT2D eigenvalue weighted by molar-refractivity contribution is 5.97. The molecule has 166 valence electrons. The molecule has 0 saturated carbocycles. The number of ether oxygens (including phenoxy) is 1. The highest BCUT2D eigenvalue weighted by Crippen LogP contribution is 2.24. The number of aliphatic imine (C=N–C) groups is 1. The maximum Gasteiger partial charge on any atom is 0.229 e. The SMILES string of the molecule is CN=C(NCC(c1ccc(C)o1)N1CCOCC1)NC1CC(=O)N(c2ccccc2)C1. The van der Waals surface area contributed by atoms with Gasteiger partial charge < -0.3 is 24.7 Å². The number of nitrogens with zero attached hydrogens (tertiary/aromatic N) is 3. The first-order chi connectivity index (χ1) is 15.1. The smallest absolute Gasteiger partial charge is 0.229 e. The fraction of sp³-hybridized carbons (Fsp3) is 0.478. The predicted octanol–water partition coefficient (Wildman–Crippen LogP) is 1.93. The summed E-state index contributed by atoms with van der Waals surface area (Å²) in [7, 11) is 1.75. The number of anilines is 1. The minimum atomic E-state index is 0.00611. The lowest BCUT2D eigenvalue weighted by Crippen LogP contribution is -2.48. The molecule has 1 amide bonds. The van der Waals surface area contributed by atoms with E-state index in [9.17, 15) is 4.79 Å². The molecule has 2 aliphatic rings. The molecule has 2 aliphatic heterocycles. The fourth-order valence-electron chi connectivity index (χ4n) is 4.17. The molecule has 2 atom stereocenters. The summed E-state index contributed by atoms with van der Waals surface area (Å²) in [6.45, 7) is 6.40. The van der Waals surface area contributed by atoms with Crippen LogP contribution in [0.25, 0.3) is 0 Å². The summed E-state index contributed by atoms with van der Waals surface area (Å²) < 4.78 is 11.5. The number of aryl methyl sites for hydroxylation is 1. The molecule has 2 unspecified atom stereocenters. The van der Waals surface area contributed by atoms with Crippen molar-refractivity contribution in [3.05, 3.63) is 54.0 Å². The Bertz CT molecular complexity index is 892. The zero-order chi connectivity index (χ0) is 21.6. The number of carbonyl (C=O) groups excluding carboxylic acids is 1. The Morgan fingerprint density at radius 2 is 1.97 bits per heavy atom. The van der Waals surface area contributed by atoms with Gasteiger partial charge in [0.15, 0.2) is 5.96 Å². The molecule has 2 aromatic rings. The Kier molecular flexibility index (Phi) is 6.89. The first-order valence-corrected chi connectivity index (χ1v) is 10.8. The minimum Gasteiger partial charge on any atom is -0.465 e. The third-order valence-electron chi connectivity index (χ3n) is 5.80. The van der Waals surface area contributed by atoms with Crippen LogP contribution < -0.4 is 15.5 Å². The summed E-state index contributed by atoms with van der Waals surface area (Å²) in [6.07, 6.45) is 0.444. The van der Waals surface area contributed by atoms with Gasteiger partial charge in [-0.1, -0.05) is 18.2 Å². The molecule has 1 aromatic carbocycles. The molecule has 3 heterocycles. The quantitative estimate of drug-likeness (QED) is 0.544. The fourth-order valence-corrected chi connectivity index (χ4v) is 4.17. The Morgan fingerprint density at radius 1 is 1.19 bits per heavy atom. The van der Waals surface area contributed by atoms with Crippen LogP contribution in [0.5, 0.6) is 0 Å². The molecule has 2 N–H and O–H groups in total. The van der Waals surface area contributed by atoms with Gasteiger partial charge in [0.1, 0.15) is 11.5 Å². The maximum atomic E-state index is 12.5. The van der Waals surface area contributed by atoms with Crippen LogP contribution >= 0.6 is 0 Å². The third-order valence-corrected chi connectivity index (χ3v) is 5.80. The molecular formula is C23H31N5O3. The van der Waals surface area contributed by atoms with E-state index in [1.165, 1.54) is 0 Å². The second kappa shape index (κ2) is 9.98.